The van der Waals surface area contributed by atoms with Gasteiger partial charge in [0.25, 0.3) is 0 Å². The maximum absolute atomic E-state index is 10.9. The molecule has 0 aliphatic heterocycles. The van der Waals surface area contributed by atoms with Crippen LogP contribution in [0.25, 0.3) is 28.6 Å². The summed E-state index contributed by atoms with van der Waals surface area (Å²) < 4.78 is 15.9. The van der Waals surface area contributed by atoms with E-state index < -0.39 is 0 Å². The van der Waals surface area contributed by atoms with Crippen molar-refractivity contribution >= 4 is 58.8 Å². The van der Waals surface area contributed by atoms with Gasteiger partial charge >= 0.3 is 0 Å². The predicted molar refractivity (Wildman–Crippen MR) is 160 cm³/mol. The second kappa shape index (κ2) is 13.3. The highest BCUT2D eigenvalue weighted by molar-refractivity contribution is 6.39. The zero-order valence-electron chi connectivity index (χ0n) is 20.9. The Kier molecular flexibility index (Phi) is 10.0. The molecule has 6 rings (SSSR count). The lowest BCUT2D eigenvalue weighted by Gasteiger charge is -2.05. The van der Waals surface area contributed by atoms with Gasteiger partial charge in [0.15, 0.2) is 0 Å². The zero-order valence-corrected chi connectivity index (χ0v) is 23.9. The molecule has 2 heterocycles. The van der Waals surface area contributed by atoms with E-state index >= 15 is 0 Å². The molecule has 6 nitrogen and oxygen atoms in total. The van der Waals surface area contributed by atoms with Crippen LogP contribution in [0.3, 0.4) is 0 Å². The Labute approximate surface area is 253 Å². The van der Waals surface area contributed by atoms with Crippen LogP contribution in [0.1, 0.15) is 67.6 Å². The monoisotopic (exact) mass is 620 g/mol. The molecule has 0 saturated heterocycles. The Morgan fingerprint density at radius 2 is 1.30 bits per heavy atom. The van der Waals surface area contributed by atoms with Crippen LogP contribution in [0.2, 0.25) is 20.1 Å². The lowest BCUT2D eigenvalue weighted by atomic mass is 10.0. The molecule has 0 radical (unpaired) electrons. The normalized spacial score (nSPS) is 14.4. The van der Waals surface area contributed by atoms with Crippen molar-refractivity contribution < 1.29 is 18.6 Å². The number of ether oxygens (including phenoxy) is 1. The van der Waals surface area contributed by atoms with Crippen LogP contribution >= 0.6 is 46.4 Å². The molecule has 0 spiro atoms. The van der Waals surface area contributed by atoms with Gasteiger partial charge in [-0.2, -0.15) is 0 Å². The summed E-state index contributed by atoms with van der Waals surface area (Å²) in [5.74, 6) is 2.51. The number of rotatable bonds is 8. The molecule has 2 aliphatic rings. The third-order valence-corrected chi connectivity index (χ3v) is 7.79. The van der Waals surface area contributed by atoms with Gasteiger partial charge in [-0.25, -0.2) is 0 Å². The number of hydrogen-bond acceptors (Lipinski definition) is 6. The number of carbonyl (C=O) groups excluding carboxylic acids is 1. The van der Waals surface area contributed by atoms with Gasteiger partial charge in [0, 0.05) is 40.5 Å². The minimum absolute atomic E-state index is 0. The molecule has 0 unspecified atom stereocenters. The first-order valence-corrected chi connectivity index (χ1v) is 14.0. The Hall–Kier alpha value is -2.77. The van der Waals surface area contributed by atoms with Gasteiger partial charge in [-0.3, -0.25) is 0 Å². The van der Waals surface area contributed by atoms with Gasteiger partial charge in [-0.1, -0.05) is 76.3 Å². The van der Waals surface area contributed by atoms with E-state index in [1.165, 1.54) is 0 Å². The van der Waals surface area contributed by atoms with Crippen LogP contribution in [-0.4, -0.2) is 23.7 Å². The van der Waals surface area contributed by atoms with Gasteiger partial charge in [-0.15, -0.1) is 0 Å². The predicted octanol–water partition coefficient (Wildman–Crippen LogP) is 10.0. The number of nitrogens with zero attached hydrogens (tertiary/aromatic N) is 2. The van der Waals surface area contributed by atoms with Crippen molar-refractivity contribution in [3.8, 4) is 22.5 Å². The molecule has 4 aromatic rings. The van der Waals surface area contributed by atoms with Crippen LogP contribution < -0.4 is 0 Å². The number of aromatic nitrogens is 2. The average molecular weight is 622 g/mol. The molecule has 2 aromatic heterocycles. The van der Waals surface area contributed by atoms with E-state index in [4.69, 9.17) is 60.2 Å². The second-order valence-electron chi connectivity index (χ2n) is 9.33. The molecule has 0 bridgehead atoms. The van der Waals surface area contributed by atoms with Crippen molar-refractivity contribution in [2.24, 2.45) is 0 Å². The first kappa shape index (κ1) is 30.2. The van der Waals surface area contributed by atoms with E-state index in [1.54, 1.807) is 49.8 Å². The zero-order chi connectivity index (χ0) is 27.5. The van der Waals surface area contributed by atoms with Crippen LogP contribution in [0, 0.1) is 0 Å². The van der Waals surface area contributed by atoms with Crippen molar-refractivity contribution in [1.29, 1.82) is 0 Å². The molecular weight excluding hydrogens is 594 g/mol. The van der Waals surface area contributed by atoms with E-state index in [-0.39, 0.29) is 13.8 Å². The fraction of sp³-hybridized carbons (Fsp3) is 0.300. The number of carbonyl (C=O) groups is 1. The van der Waals surface area contributed by atoms with Crippen molar-refractivity contribution in [1.82, 2.24) is 10.3 Å². The molecule has 2 aromatic carbocycles. The largest absolute Gasteiger partial charge is 0.504 e. The summed E-state index contributed by atoms with van der Waals surface area (Å²) in [5.41, 5.74) is 4.29. The minimum atomic E-state index is 0. The first-order chi connectivity index (χ1) is 18.9. The molecule has 210 valence electrons. The van der Waals surface area contributed by atoms with E-state index in [0.29, 0.717) is 54.4 Å². The SMILES string of the molecule is C.CO/C=C/c1c(-c2c(Cl)cccc2Cl)noc1C1CC1.O=CCc1c(-c2c(Cl)cccc2Cl)noc1C1CC1. The third kappa shape index (κ3) is 6.41. The van der Waals surface area contributed by atoms with Gasteiger partial charge in [-0.05, 0) is 56.0 Å². The maximum atomic E-state index is 10.9. The van der Waals surface area contributed by atoms with Crippen LogP contribution in [-0.2, 0) is 16.0 Å². The van der Waals surface area contributed by atoms with E-state index in [2.05, 4.69) is 10.3 Å². The first-order valence-electron chi connectivity index (χ1n) is 12.4. The Balaban J connectivity index is 0.000000181. The van der Waals surface area contributed by atoms with Gasteiger partial charge in [0.1, 0.15) is 29.2 Å². The van der Waals surface area contributed by atoms with Crippen LogP contribution in [0.5, 0.6) is 0 Å². The number of halogens is 4. The lowest BCUT2D eigenvalue weighted by molar-refractivity contribution is -0.107. The van der Waals surface area contributed by atoms with Crippen molar-refractivity contribution in [3.63, 3.8) is 0 Å². The Morgan fingerprint density at radius 1 is 0.825 bits per heavy atom. The van der Waals surface area contributed by atoms with Crippen molar-refractivity contribution in [3.05, 3.63) is 85.4 Å². The number of aldehydes is 1. The van der Waals surface area contributed by atoms with Gasteiger partial charge in [0.2, 0.25) is 0 Å². The highest BCUT2D eigenvalue weighted by Crippen LogP contribution is 2.47. The lowest BCUT2D eigenvalue weighted by Crippen LogP contribution is -1.93. The van der Waals surface area contributed by atoms with Gasteiger partial charge in [0.05, 0.1) is 33.5 Å². The summed E-state index contributed by atoms with van der Waals surface area (Å²) in [4.78, 5) is 10.9. The molecule has 2 fully saturated rings. The topological polar surface area (TPSA) is 78.4 Å². The highest BCUT2D eigenvalue weighted by atomic mass is 35.5. The second-order valence-corrected chi connectivity index (χ2v) is 11.0. The fourth-order valence-electron chi connectivity index (χ4n) is 4.34. The molecule has 2 saturated carbocycles. The van der Waals surface area contributed by atoms with Gasteiger partial charge < -0.3 is 18.6 Å². The molecule has 10 heteroatoms. The Morgan fingerprint density at radius 3 is 1.80 bits per heavy atom. The molecule has 2 aliphatic carbocycles. The fourth-order valence-corrected chi connectivity index (χ4v) is 5.49. The molecular formula is C30H28Cl4N2O4. The molecule has 0 amide bonds. The van der Waals surface area contributed by atoms with E-state index in [1.807, 2.05) is 6.08 Å². The standard InChI is InChI=1S/C15H13Cl2NO2.C14H11Cl2NO2.CH4/c1-19-8-7-10-14(18-20-15(10)9-5-6-9)13-11(16)3-2-4-12(13)17;15-10-2-1-3-11(16)12(10)13-9(6-7-18)14(19-17-13)8-4-5-8;/h2-4,7-9H,5-6H2,1H3;1-3,7-8H,4-6H2;1H4/b8-7+;;. The summed E-state index contributed by atoms with van der Waals surface area (Å²) in [6.07, 6.45) is 8.98. The molecule has 0 N–H and O–H groups in total. The Bertz CT molecular complexity index is 1480. The minimum Gasteiger partial charge on any atom is -0.504 e. The highest BCUT2D eigenvalue weighted by Gasteiger charge is 2.34. The number of methoxy groups -OCH3 is 1. The summed E-state index contributed by atoms with van der Waals surface area (Å²) in [6.45, 7) is 0. The summed E-state index contributed by atoms with van der Waals surface area (Å²) >= 11 is 24.9. The van der Waals surface area contributed by atoms with E-state index in [9.17, 15) is 4.79 Å². The van der Waals surface area contributed by atoms with Crippen molar-refractivity contribution in [2.45, 2.75) is 51.4 Å². The average Bonchev–Trinajstić information content (AvgIpc) is 3.85. The smallest absolute Gasteiger partial charge is 0.147 e. The van der Waals surface area contributed by atoms with E-state index in [0.717, 1.165) is 54.6 Å². The summed E-state index contributed by atoms with van der Waals surface area (Å²) in [7, 11) is 1.60. The van der Waals surface area contributed by atoms with Crippen LogP contribution in [0.4, 0.5) is 0 Å². The summed E-state index contributed by atoms with van der Waals surface area (Å²) in [5, 5.41) is 10.4. The van der Waals surface area contributed by atoms with Crippen LogP contribution in [0.15, 0.2) is 51.7 Å². The van der Waals surface area contributed by atoms with Crippen molar-refractivity contribution in [2.75, 3.05) is 7.11 Å². The number of hydrogen-bond donors (Lipinski definition) is 0. The number of benzene rings is 2. The summed E-state index contributed by atoms with van der Waals surface area (Å²) in [6, 6.07) is 10.7. The quantitative estimate of drug-likeness (QED) is 0.144. The maximum Gasteiger partial charge on any atom is 0.147 e. The molecule has 40 heavy (non-hydrogen) atoms. The third-order valence-electron chi connectivity index (χ3n) is 6.53. The molecule has 0 atom stereocenters.